The smallest absolute Gasteiger partial charge is 0.250 e. The van der Waals surface area contributed by atoms with Crippen molar-refractivity contribution in [3.63, 3.8) is 0 Å². The minimum Gasteiger partial charge on any atom is -0.454 e. The second-order valence-electron chi connectivity index (χ2n) is 9.30. The molecule has 0 saturated carbocycles. The van der Waals surface area contributed by atoms with Crippen LogP contribution in [0.3, 0.4) is 0 Å². The van der Waals surface area contributed by atoms with Gasteiger partial charge in [-0.15, -0.1) is 0 Å². The van der Waals surface area contributed by atoms with Crippen molar-refractivity contribution in [3.8, 4) is 11.5 Å². The van der Waals surface area contributed by atoms with Crippen LogP contribution >= 0.6 is 0 Å². The molecule has 3 atom stereocenters. The van der Waals surface area contributed by atoms with Gasteiger partial charge in [0.05, 0.1) is 5.92 Å². The summed E-state index contributed by atoms with van der Waals surface area (Å²) in [6.07, 6.45) is 1.26. The topological polar surface area (TPSA) is 81.1 Å². The molecule has 1 aromatic carbocycles. The highest BCUT2D eigenvalue weighted by atomic mass is 16.7. The molecule has 2 amide bonds. The molecule has 4 aliphatic heterocycles. The van der Waals surface area contributed by atoms with Crippen LogP contribution in [0.4, 0.5) is 0 Å². The molecular weight excluding hydrogens is 410 g/mol. The van der Waals surface area contributed by atoms with Crippen molar-refractivity contribution >= 4 is 11.8 Å². The maximum atomic E-state index is 13.3. The Morgan fingerprint density at radius 2 is 1.88 bits per heavy atom. The maximum Gasteiger partial charge on any atom is 0.250 e. The van der Waals surface area contributed by atoms with Gasteiger partial charge in [-0.05, 0) is 36.1 Å². The Balaban J connectivity index is 1.14. The number of likely N-dealkylation sites (tertiary alicyclic amines) is 2. The van der Waals surface area contributed by atoms with E-state index in [-0.39, 0.29) is 48.3 Å². The summed E-state index contributed by atoms with van der Waals surface area (Å²) in [6.45, 7) is 3.05. The van der Waals surface area contributed by atoms with E-state index in [2.05, 4.69) is 0 Å². The van der Waals surface area contributed by atoms with Gasteiger partial charge in [0.25, 0.3) is 5.56 Å². The fourth-order valence-electron chi connectivity index (χ4n) is 5.68. The third kappa shape index (κ3) is 3.25. The average molecular weight is 435 g/mol. The van der Waals surface area contributed by atoms with Crippen molar-refractivity contribution in [2.45, 2.75) is 31.8 Å². The molecule has 2 aromatic rings. The molecule has 2 fully saturated rings. The first kappa shape index (κ1) is 19.4. The number of nitrogens with zero attached hydrogens (tertiary/aromatic N) is 3. The molecule has 2 saturated heterocycles. The number of carbonyl (C=O) groups is 2. The molecule has 5 heterocycles. The Hall–Kier alpha value is -3.29. The third-order valence-electron chi connectivity index (χ3n) is 7.17. The summed E-state index contributed by atoms with van der Waals surface area (Å²) in [5.41, 5.74) is 2.03. The van der Waals surface area contributed by atoms with Gasteiger partial charge in [0.1, 0.15) is 0 Å². The van der Waals surface area contributed by atoms with Crippen molar-refractivity contribution < 1.29 is 19.1 Å². The first-order valence-corrected chi connectivity index (χ1v) is 11.2. The van der Waals surface area contributed by atoms with Crippen LogP contribution in [0.1, 0.15) is 30.0 Å². The summed E-state index contributed by atoms with van der Waals surface area (Å²) < 4.78 is 12.6. The zero-order chi connectivity index (χ0) is 21.8. The fourth-order valence-corrected chi connectivity index (χ4v) is 5.68. The lowest BCUT2D eigenvalue weighted by Gasteiger charge is -2.43. The van der Waals surface area contributed by atoms with E-state index < -0.39 is 0 Å². The highest BCUT2D eigenvalue weighted by Crippen LogP contribution is 2.37. The Morgan fingerprint density at radius 3 is 2.78 bits per heavy atom. The molecular formula is C24H25N3O5. The van der Waals surface area contributed by atoms with Crippen molar-refractivity contribution in [1.29, 1.82) is 0 Å². The van der Waals surface area contributed by atoms with E-state index in [0.29, 0.717) is 44.2 Å². The zero-order valence-corrected chi connectivity index (χ0v) is 17.7. The fraction of sp³-hybridized carbons (Fsp3) is 0.458. The van der Waals surface area contributed by atoms with Crippen LogP contribution in [0.15, 0.2) is 41.2 Å². The Labute approximate surface area is 185 Å². The van der Waals surface area contributed by atoms with Crippen molar-refractivity contribution in [1.82, 2.24) is 14.4 Å². The van der Waals surface area contributed by atoms with Gasteiger partial charge >= 0.3 is 0 Å². The Kier molecular flexibility index (Phi) is 4.48. The minimum atomic E-state index is -0.312. The average Bonchev–Trinajstić information content (AvgIpc) is 3.40. The molecule has 3 unspecified atom stereocenters. The molecule has 0 spiro atoms. The van der Waals surface area contributed by atoms with Crippen LogP contribution in [0.5, 0.6) is 11.5 Å². The van der Waals surface area contributed by atoms with Crippen molar-refractivity contribution in [3.05, 3.63) is 58.0 Å². The Bertz CT molecular complexity index is 1160. The van der Waals surface area contributed by atoms with E-state index in [1.165, 1.54) is 0 Å². The molecule has 4 aliphatic rings. The van der Waals surface area contributed by atoms with Gasteiger partial charge in [-0.2, -0.15) is 0 Å². The zero-order valence-electron chi connectivity index (χ0n) is 17.7. The molecule has 8 nitrogen and oxygen atoms in total. The molecule has 32 heavy (non-hydrogen) atoms. The molecule has 1 aromatic heterocycles. The van der Waals surface area contributed by atoms with Gasteiger partial charge in [0.15, 0.2) is 11.5 Å². The third-order valence-corrected chi connectivity index (χ3v) is 7.17. The summed E-state index contributed by atoms with van der Waals surface area (Å²) in [6, 6.07) is 11.1. The highest BCUT2D eigenvalue weighted by Gasteiger charge is 2.41. The van der Waals surface area contributed by atoms with E-state index >= 15 is 0 Å². The van der Waals surface area contributed by atoms with E-state index in [1.807, 2.05) is 33.7 Å². The monoisotopic (exact) mass is 435 g/mol. The predicted molar refractivity (Wildman–Crippen MR) is 114 cm³/mol. The van der Waals surface area contributed by atoms with Gasteiger partial charge in [-0.3, -0.25) is 14.4 Å². The van der Waals surface area contributed by atoms with Gasteiger partial charge < -0.3 is 23.8 Å². The van der Waals surface area contributed by atoms with Crippen LogP contribution in [-0.4, -0.2) is 52.6 Å². The maximum absolute atomic E-state index is 13.3. The van der Waals surface area contributed by atoms with Crippen molar-refractivity contribution in [2.24, 2.45) is 11.8 Å². The van der Waals surface area contributed by atoms with E-state index in [0.717, 1.165) is 17.7 Å². The summed E-state index contributed by atoms with van der Waals surface area (Å²) in [5, 5.41) is 0. The summed E-state index contributed by atoms with van der Waals surface area (Å²) in [5.74, 6) is 1.64. The Morgan fingerprint density at radius 1 is 1.00 bits per heavy atom. The lowest BCUT2D eigenvalue weighted by Crippen LogP contribution is -2.50. The number of ether oxygens (including phenoxy) is 2. The number of carbonyl (C=O) groups excluding carboxylic acids is 2. The second kappa shape index (κ2) is 7.39. The number of aromatic nitrogens is 1. The summed E-state index contributed by atoms with van der Waals surface area (Å²) in [7, 11) is 0. The second-order valence-corrected chi connectivity index (χ2v) is 9.30. The molecule has 6 rings (SSSR count). The largest absolute Gasteiger partial charge is 0.454 e. The van der Waals surface area contributed by atoms with Crippen LogP contribution < -0.4 is 15.0 Å². The van der Waals surface area contributed by atoms with Gasteiger partial charge in [-0.25, -0.2) is 0 Å². The lowest BCUT2D eigenvalue weighted by atomic mass is 9.82. The predicted octanol–water partition coefficient (Wildman–Crippen LogP) is 1.57. The molecule has 0 N–H and O–H groups in total. The molecule has 8 heteroatoms. The molecule has 0 aliphatic carbocycles. The van der Waals surface area contributed by atoms with E-state index in [9.17, 15) is 14.4 Å². The molecule has 166 valence electrons. The first-order valence-electron chi connectivity index (χ1n) is 11.2. The number of pyridine rings is 1. The lowest BCUT2D eigenvalue weighted by molar-refractivity contribution is -0.138. The van der Waals surface area contributed by atoms with Crippen LogP contribution in [0.25, 0.3) is 0 Å². The highest BCUT2D eigenvalue weighted by molar-refractivity contribution is 5.89. The van der Waals surface area contributed by atoms with E-state index in [1.54, 1.807) is 17.0 Å². The van der Waals surface area contributed by atoms with Crippen LogP contribution in [0, 0.1) is 11.8 Å². The van der Waals surface area contributed by atoms with Crippen molar-refractivity contribution in [2.75, 3.05) is 26.4 Å². The van der Waals surface area contributed by atoms with Crippen LogP contribution in [-0.2, 0) is 22.7 Å². The molecule has 2 bridgehead atoms. The van der Waals surface area contributed by atoms with E-state index in [4.69, 9.17) is 9.47 Å². The number of piperidine rings is 1. The molecule has 0 radical (unpaired) electrons. The number of rotatable bonds is 3. The number of fused-ring (bicyclic) bond motifs is 5. The number of hydrogen-bond acceptors (Lipinski definition) is 5. The number of amides is 2. The normalized spacial score (nSPS) is 25.8. The quantitative estimate of drug-likeness (QED) is 0.731. The van der Waals surface area contributed by atoms with Gasteiger partial charge in [0.2, 0.25) is 18.6 Å². The number of benzene rings is 1. The number of hydrogen-bond donors (Lipinski definition) is 0. The standard InChI is InChI=1S/C24H25N3O5/c28-22-3-1-2-19-17-6-16(11-27(19)22)10-26(12-17)24(30)18-8-23(29)25(13-18)9-15-4-5-20-21(7-15)32-14-31-20/h1-5,7,16-18H,6,8-14H2. The summed E-state index contributed by atoms with van der Waals surface area (Å²) in [4.78, 5) is 41.9. The van der Waals surface area contributed by atoms with Crippen LogP contribution in [0.2, 0.25) is 0 Å². The SMILES string of the molecule is O=C1CC(C(=O)N2CC3CC(C2)c2cccc(=O)n2C3)CN1Cc1ccc2c(c1)OCO2. The first-order chi connectivity index (χ1) is 15.5. The van der Waals surface area contributed by atoms with Gasteiger partial charge in [-0.1, -0.05) is 12.1 Å². The van der Waals surface area contributed by atoms with Gasteiger partial charge in [0, 0.05) is 56.8 Å². The minimum absolute atomic E-state index is 0.00937. The summed E-state index contributed by atoms with van der Waals surface area (Å²) >= 11 is 0.